The van der Waals surface area contributed by atoms with Crippen LogP contribution in [-0.4, -0.2) is 4.57 Å². The minimum Gasteiger partial charge on any atom is -0.456 e. The highest BCUT2D eigenvalue weighted by Crippen LogP contribution is 2.44. The zero-order chi connectivity index (χ0) is 44.3. The second-order valence-corrected chi connectivity index (χ2v) is 17.3. The van der Waals surface area contributed by atoms with Crippen molar-refractivity contribution in [1.82, 2.24) is 4.57 Å². The molecule has 0 saturated carbocycles. The van der Waals surface area contributed by atoms with E-state index >= 15 is 0 Å². The third-order valence-corrected chi connectivity index (χ3v) is 13.4. The number of para-hydroxylation sites is 4. The molecule has 3 heteroatoms. The monoisotopic (exact) mass is 854 g/mol. The van der Waals surface area contributed by atoms with E-state index in [1.165, 1.54) is 60.4 Å². The number of nitrogens with zero attached hydrogens (tertiary/aromatic N) is 2. The molecule has 0 radical (unpaired) electrons. The van der Waals surface area contributed by atoms with Gasteiger partial charge in [0.25, 0.3) is 0 Å². The zero-order valence-electron chi connectivity index (χ0n) is 36.6. The van der Waals surface area contributed by atoms with Crippen LogP contribution < -0.4 is 4.90 Å². The van der Waals surface area contributed by atoms with Gasteiger partial charge in [0.1, 0.15) is 11.2 Å². The number of anilines is 3. The van der Waals surface area contributed by atoms with Crippen LogP contribution in [0.1, 0.15) is 0 Å². The van der Waals surface area contributed by atoms with Crippen LogP contribution in [0.15, 0.2) is 259 Å². The Kier molecular flexibility index (Phi) is 9.17. The third-order valence-electron chi connectivity index (χ3n) is 13.4. The maximum atomic E-state index is 6.28. The first-order chi connectivity index (χ1) is 33.2. The van der Waals surface area contributed by atoms with Gasteiger partial charge in [0, 0.05) is 44.2 Å². The summed E-state index contributed by atoms with van der Waals surface area (Å²) in [7, 11) is 0. The minimum absolute atomic E-state index is 0.896. The Morgan fingerprint density at radius 1 is 0.299 bits per heavy atom. The molecule has 0 spiro atoms. The average molecular weight is 855 g/mol. The fourth-order valence-electron chi connectivity index (χ4n) is 10.2. The van der Waals surface area contributed by atoms with Crippen LogP contribution in [0, 0.1) is 0 Å². The van der Waals surface area contributed by atoms with E-state index in [0.717, 1.165) is 61.4 Å². The van der Waals surface area contributed by atoms with Gasteiger partial charge in [-0.15, -0.1) is 0 Å². The van der Waals surface area contributed by atoms with Crippen molar-refractivity contribution in [1.29, 1.82) is 0 Å². The molecule has 0 amide bonds. The summed E-state index contributed by atoms with van der Waals surface area (Å²) in [6.45, 7) is 0. The van der Waals surface area contributed by atoms with Crippen molar-refractivity contribution in [2.24, 2.45) is 0 Å². The van der Waals surface area contributed by atoms with E-state index in [1.807, 2.05) is 12.1 Å². The molecular weight excluding hydrogens is 813 g/mol. The Hall–Kier alpha value is -8.92. The molecule has 13 aromatic rings. The Bertz CT molecular complexity index is 3910. The number of benzene rings is 11. The smallest absolute Gasteiger partial charge is 0.136 e. The van der Waals surface area contributed by atoms with Crippen LogP contribution in [0.25, 0.3) is 105 Å². The second-order valence-electron chi connectivity index (χ2n) is 17.3. The molecule has 0 atom stereocenters. The highest BCUT2D eigenvalue weighted by molar-refractivity contribution is 6.09. The summed E-state index contributed by atoms with van der Waals surface area (Å²) < 4.78 is 8.66. The number of aromatic nitrogens is 1. The van der Waals surface area contributed by atoms with Crippen molar-refractivity contribution in [3.8, 4) is 50.2 Å². The molecule has 67 heavy (non-hydrogen) atoms. The Morgan fingerprint density at radius 2 is 0.776 bits per heavy atom. The lowest BCUT2D eigenvalue weighted by Crippen LogP contribution is -2.11. The van der Waals surface area contributed by atoms with E-state index in [-0.39, 0.29) is 0 Å². The molecule has 0 aliphatic rings. The van der Waals surface area contributed by atoms with Crippen molar-refractivity contribution < 1.29 is 4.42 Å². The molecule has 13 rings (SSSR count). The van der Waals surface area contributed by atoms with E-state index in [0.29, 0.717) is 0 Å². The lowest BCUT2D eigenvalue weighted by atomic mass is 9.95. The third kappa shape index (κ3) is 6.67. The number of rotatable bonds is 8. The van der Waals surface area contributed by atoms with Crippen LogP contribution >= 0.6 is 0 Å². The predicted octanol–water partition coefficient (Wildman–Crippen LogP) is 18.0. The van der Waals surface area contributed by atoms with Crippen LogP contribution in [0.5, 0.6) is 0 Å². The van der Waals surface area contributed by atoms with Gasteiger partial charge in [-0.2, -0.15) is 0 Å². The fraction of sp³-hybridized carbons (Fsp3) is 0. The van der Waals surface area contributed by atoms with Gasteiger partial charge in [0.15, 0.2) is 0 Å². The van der Waals surface area contributed by atoms with Crippen LogP contribution in [0.3, 0.4) is 0 Å². The van der Waals surface area contributed by atoms with Gasteiger partial charge in [0.2, 0.25) is 0 Å². The molecule has 0 aliphatic heterocycles. The summed E-state index contributed by atoms with van der Waals surface area (Å²) in [5.41, 5.74) is 17.9. The van der Waals surface area contributed by atoms with Crippen LogP contribution in [-0.2, 0) is 0 Å². The van der Waals surface area contributed by atoms with Gasteiger partial charge in [0.05, 0.1) is 16.7 Å². The lowest BCUT2D eigenvalue weighted by molar-refractivity contribution is 0.669. The predicted molar refractivity (Wildman–Crippen MR) is 282 cm³/mol. The van der Waals surface area contributed by atoms with E-state index < -0.39 is 0 Å². The number of fused-ring (bicyclic) bond motifs is 7. The van der Waals surface area contributed by atoms with E-state index in [4.69, 9.17) is 4.42 Å². The summed E-state index contributed by atoms with van der Waals surface area (Å²) in [4.78, 5) is 2.39. The minimum atomic E-state index is 0.896. The van der Waals surface area contributed by atoms with Crippen molar-refractivity contribution in [3.05, 3.63) is 255 Å². The average Bonchev–Trinajstić information content (AvgIpc) is 3.95. The molecular formula is C64H42N2O. The summed E-state index contributed by atoms with van der Waals surface area (Å²) in [5.74, 6) is 0. The molecule has 11 aromatic carbocycles. The fourth-order valence-corrected chi connectivity index (χ4v) is 10.2. The Labute approximate surface area is 388 Å². The van der Waals surface area contributed by atoms with Gasteiger partial charge in [-0.25, -0.2) is 0 Å². The summed E-state index contributed by atoms with van der Waals surface area (Å²) in [6, 6.07) is 91.9. The summed E-state index contributed by atoms with van der Waals surface area (Å²) in [5, 5.41) is 7.25. The molecule has 3 nitrogen and oxygen atoms in total. The van der Waals surface area contributed by atoms with Crippen molar-refractivity contribution in [2.75, 3.05) is 4.90 Å². The molecule has 0 bridgehead atoms. The maximum Gasteiger partial charge on any atom is 0.136 e. The Morgan fingerprint density at radius 3 is 1.48 bits per heavy atom. The number of hydrogen-bond acceptors (Lipinski definition) is 2. The number of hydrogen-bond donors (Lipinski definition) is 0. The Balaban J connectivity index is 0.854. The van der Waals surface area contributed by atoms with Crippen molar-refractivity contribution >= 4 is 71.6 Å². The first-order valence-electron chi connectivity index (χ1n) is 22.9. The summed E-state index contributed by atoms with van der Waals surface area (Å²) >= 11 is 0. The van der Waals surface area contributed by atoms with E-state index in [1.54, 1.807) is 0 Å². The molecule has 2 heterocycles. The lowest BCUT2D eigenvalue weighted by Gasteiger charge is -2.28. The largest absolute Gasteiger partial charge is 0.456 e. The maximum absolute atomic E-state index is 6.28. The molecule has 0 aliphatic carbocycles. The van der Waals surface area contributed by atoms with Crippen molar-refractivity contribution in [2.45, 2.75) is 0 Å². The molecule has 314 valence electrons. The first-order valence-corrected chi connectivity index (χ1v) is 22.9. The normalized spacial score (nSPS) is 11.6. The second kappa shape index (κ2) is 16.0. The highest BCUT2D eigenvalue weighted by Gasteiger charge is 2.19. The number of furan rings is 1. The van der Waals surface area contributed by atoms with Crippen molar-refractivity contribution in [3.63, 3.8) is 0 Å². The highest BCUT2D eigenvalue weighted by atomic mass is 16.3. The van der Waals surface area contributed by atoms with Gasteiger partial charge >= 0.3 is 0 Å². The van der Waals surface area contributed by atoms with Crippen LogP contribution in [0.2, 0.25) is 0 Å². The SMILES string of the molecule is c1cc(-c2ccc(-c3ccc(N(c4ccc(-c5ccc6c(c5)oc5ccccc56)cc4)c4ccccc4-c4cccc5ccccc45)cc3)cc2)cc(-n2c3ccccc3c3ccccc32)c1. The quantitative estimate of drug-likeness (QED) is 0.152. The molecule has 2 aromatic heterocycles. The molecule has 0 saturated heterocycles. The van der Waals surface area contributed by atoms with Gasteiger partial charge in [-0.05, 0) is 123 Å². The molecule has 0 fully saturated rings. The standard InChI is InChI=1S/C64H42N2O/c1-2-17-53-47(13-1)14-12-22-54(53)55-18-3-7-23-60(55)65(51-38-33-46(34-39-51)49-35-40-59-58-21-6-10-26-63(58)67-64(59)42-49)50-36-31-44(32-37-50)43-27-29-45(30-28-43)48-15-11-16-52(41-48)66-61-24-8-4-19-56(61)57-20-5-9-25-62(57)66/h1-42H. The summed E-state index contributed by atoms with van der Waals surface area (Å²) in [6.07, 6.45) is 0. The van der Waals surface area contributed by atoms with Crippen LogP contribution in [0.4, 0.5) is 17.1 Å². The van der Waals surface area contributed by atoms with Gasteiger partial charge in [-0.1, -0.05) is 182 Å². The first kappa shape index (κ1) is 38.5. The van der Waals surface area contributed by atoms with E-state index in [2.05, 4.69) is 252 Å². The zero-order valence-corrected chi connectivity index (χ0v) is 36.6. The molecule has 0 N–H and O–H groups in total. The van der Waals surface area contributed by atoms with Gasteiger partial charge < -0.3 is 13.9 Å². The topological polar surface area (TPSA) is 21.3 Å². The molecule has 0 unspecified atom stereocenters. The van der Waals surface area contributed by atoms with Gasteiger partial charge in [-0.3, -0.25) is 0 Å². The van der Waals surface area contributed by atoms with E-state index in [9.17, 15) is 0 Å².